The normalized spacial score (nSPS) is 10.5. The van der Waals surface area contributed by atoms with Gasteiger partial charge in [-0.05, 0) is 42.5 Å². The van der Waals surface area contributed by atoms with Gasteiger partial charge in [-0.3, -0.25) is 4.79 Å². The lowest BCUT2D eigenvalue weighted by Crippen LogP contribution is -2.06. The number of nitrogens with two attached hydrogens (primary N) is 1. The predicted molar refractivity (Wildman–Crippen MR) is 86.8 cm³/mol. The Bertz CT molecular complexity index is 628. The summed E-state index contributed by atoms with van der Waals surface area (Å²) in [5.74, 6) is 0.885. The van der Waals surface area contributed by atoms with Crippen LogP contribution in [0.1, 0.15) is 29.3 Å². The van der Waals surface area contributed by atoms with Crippen LogP contribution in [0.3, 0.4) is 0 Å². The van der Waals surface area contributed by atoms with Gasteiger partial charge in [-0.15, -0.1) is 11.8 Å². The van der Waals surface area contributed by atoms with Gasteiger partial charge >= 0.3 is 0 Å². The number of benzene rings is 2. The minimum atomic E-state index is -0.0794. The molecule has 2 nitrogen and oxygen atoms in total. The van der Waals surface area contributed by atoms with Gasteiger partial charge in [0.1, 0.15) is 0 Å². The van der Waals surface area contributed by atoms with Gasteiger partial charge in [-0.2, -0.15) is 0 Å². The lowest BCUT2D eigenvalue weighted by Gasteiger charge is -2.10. The van der Waals surface area contributed by atoms with Crippen LogP contribution in [0.5, 0.6) is 0 Å². The van der Waals surface area contributed by atoms with Gasteiger partial charge in [-0.1, -0.05) is 30.7 Å². The molecule has 0 aliphatic carbocycles. The molecule has 0 aliphatic rings. The summed E-state index contributed by atoms with van der Waals surface area (Å²) >= 11 is 7.69. The van der Waals surface area contributed by atoms with Crippen LogP contribution in [0.4, 0.5) is 5.69 Å². The lowest BCUT2D eigenvalue weighted by atomic mass is 10.0. The number of ketones is 1. The highest BCUT2D eigenvalue weighted by Gasteiger charge is 2.16. The SMILES string of the molecule is CCCSc1ccc(Cl)cc1C(=O)c1ccccc1N. The van der Waals surface area contributed by atoms with Crippen molar-refractivity contribution in [3.63, 3.8) is 0 Å². The fourth-order valence-corrected chi connectivity index (χ4v) is 2.93. The van der Waals surface area contributed by atoms with Crippen molar-refractivity contribution in [1.82, 2.24) is 0 Å². The predicted octanol–water partition coefficient (Wildman–Crippen LogP) is 4.66. The molecule has 0 atom stereocenters. The number of hydrogen-bond donors (Lipinski definition) is 1. The molecule has 20 heavy (non-hydrogen) atoms. The van der Waals surface area contributed by atoms with Crippen LogP contribution in [-0.4, -0.2) is 11.5 Å². The first-order valence-electron chi connectivity index (χ1n) is 6.45. The first-order chi connectivity index (χ1) is 9.63. The molecule has 2 aromatic carbocycles. The number of hydrogen-bond acceptors (Lipinski definition) is 3. The number of thioether (sulfide) groups is 1. The molecule has 0 aromatic heterocycles. The van der Waals surface area contributed by atoms with Crippen molar-refractivity contribution < 1.29 is 4.79 Å². The largest absolute Gasteiger partial charge is 0.398 e. The van der Waals surface area contributed by atoms with E-state index >= 15 is 0 Å². The molecule has 0 bridgehead atoms. The highest BCUT2D eigenvalue weighted by Crippen LogP contribution is 2.29. The fourth-order valence-electron chi connectivity index (χ4n) is 1.87. The van der Waals surface area contributed by atoms with Gasteiger partial charge in [0.25, 0.3) is 0 Å². The maximum Gasteiger partial charge on any atom is 0.196 e. The molecule has 2 aromatic rings. The number of nitrogen functional groups attached to an aromatic ring is 1. The molecule has 2 N–H and O–H groups in total. The van der Waals surface area contributed by atoms with Crippen molar-refractivity contribution in [3.05, 3.63) is 58.6 Å². The number of carbonyl (C=O) groups is 1. The molecule has 4 heteroatoms. The molecule has 0 amide bonds. The average molecular weight is 306 g/mol. The molecule has 0 saturated heterocycles. The molecular formula is C16H16ClNOS. The Morgan fingerprint density at radius 2 is 1.95 bits per heavy atom. The Balaban J connectivity index is 2.43. The van der Waals surface area contributed by atoms with E-state index in [1.807, 2.05) is 24.3 Å². The van der Waals surface area contributed by atoms with Gasteiger partial charge in [0.2, 0.25) is 0 Å². The second kappa shape index (κ2) is 6.82. The summed E-state index contributed by atoms with van der Waals surface area (Å²) in [5, 5.41) is 0.559. The molecular weight excluding hydrogens is 290 g/mol. The summed E-state index contributed by atoms with van der Waals surface area (Å²) in [4.78, 5) is 13.6. The minimum Gasteiger partial charge on any atom is -0.398 e. The highest BCUT2D eigenvalue weighted by molar-refractivity contribution is 7.99. The van der Waals surface area contributed by atoms with E-state index in [9.17, 15) is 4.79 Å². The van der Waals surface area contributed by atoms with E-state index in [-0.39, 0.29) is 5.78 Å². The molecule has 0 aliphatic heterocycles. The quantitative estimate of drug-likeness (QED) is 0.496. The molecule has 0 unspecified atom stereocenters. The summed E-state index contributed by atoms with van der Waals surface area (Å²) in [6.07, 6.45) is 1.05. The number of para-hydroxylation sites is 1. The van der Waals surface area contributed by atoms with Gasteiger partial charge in [0.15, 0.2) is 5.78 Å². The molecule has 0 radical (unpaired) electrons. The maximum atomic E-state index is 12.7. The summed E-state index contributed by atoms with van der Waals surface area (Å²) in [6.45, 7) is 2.11. The fraction of sp³-hybridized carbons (Fsp3) is 0.188. The number of anilines is 1. The zero-order valence-electron chi connectivity index (χ0n) is 11.2. The first kappa shape index (κ1) is 14.9. The molecule has 0 spiro atoms. The van der Waals surface area contributed by atoms with Crippen molar-refractivity contribution in [2.45, 2.75) is 18.2 Å². The van der Waals surface area contributed by atoms with Crippen LogP contribution < -0.4 is 5.73 Å². The van der Waals surface area contributed by atoms with E-state index in [4.69, 9.17) is 17.3 Å². The van der Waals surface area contributed by atoms with Crippen molar-refractivity contribution in [3.8, 4) is 0 Å². The monoisotopic (exact) mass is 305 g/mol. The Morgan fingerprint density at radius 1 is 1.20 bits per heavy atom. The minimum absolute atomic E-state index is 0.0794. The molecule has 2 rings (SSSR count). The highest BCUT2D eigenvalue weighted by atomic mass is 35.5. The van der Waals surface area contributed by atoms with Gasteiger partial charge < -0.3 is 5.73 Å². The van der Waals surface area contributed by atoms with E-state index < -0.39 is 0 Å². The number of halogens is 1. The second-order valence-electron chi connectivity index (χ2n) is 4.41. The summed E-state index contributed by atoms with van der Waals surface area (Å²) in [7, 11) is 0. The molecule has 0 heterocycles. The van der Waals surface area contributed by atoms with Crippen LogP contribution in [-0.2, 0) is 0 Å². The van der Waals surface area contributed by atoms with Crippen molar-refractivity contribution in [1.29, 1.82) is 0 Å². The van der Waals surface area contributed by atoms with E-state index in [0.29, 0.717) is 21.8 Å². The van der Waals surface area contributed by atoms with Gasteiger partial charge in [-0.25, -0.2) is 0 Å². The summed E-state index contributed by atoms with van der Waals surface area (Å²) in [6, 6.07) is 12.5. The summed E-state index contributed by atoms with van der Waals surface area (Å²) in [5.41, 5.74) is 7.52. The van der Waals surface area contributed by atoms with Crippen LogP contribution in [0.2, 0.25) is 5.02 Å². The van der Waals surface area contributed by atoms with E-state index in [1.54, 1.807) is 30.0 Å². The molecule has 104 valence electrons. The summed E-state index contributed by atoms with van der Waals surface area (Å²) < 4.78 is 0. The third-order valence-electron chi connectivity index (χ3n) is 2.85. The van der Waals surface area contributed by atoms with Gasteiger partial charge in [0, 0.05) is 26.7 Å². The third-order valence-corrected chi connectivity index (χ3v) is 4.37. The standard InChI is InChI=1S/C16H16ClNOS/c1-2-9-20-15-8-7-11(17)10-13(15)16(19)12-5-3-4-6-14(12)18/h3-8,10H,2,9,18H2,1H3. The van der Waals surface area contributed by atoms with E-state index in [0.717, 1.165) is 17.1 Å². The zero-order chi connectivity index (χ0) is 14.5. The van der Waals surface area contributed by atoms with E-state index in [2.05, 4.69) is 6.92 Å². The Hall–Kier alpha value is -1.45. The Kier molecular flexibility index (Phi) is 5.10. The smallest absolute Gasteiger partial charge is 0.196 e. The average Bonchev–Trinajstić information content (AvgIpc) is 2.46. The first-order valence-corrected chi connectivity index (χ1v) is 7.81. The maximum absolute atomic E-state index is 12.7. The Morgan fingerprint density at radius 3 is 2.65 bits per heavy atom. The Labute approximate surface area is 128 Å². The topological polar surface area (TPSA) is 43.1 Å². The van der Waals surface area contributed by atoms with Crippen LogP contribution in [0.15, 0.2) is 47.4 Å². The molecule has 0 saturated carbocycles. The number of carbonyl (C=O) groups excluding carboxylic acids is 1. The van der Waals surface area contributed by atoms with Crippen LogP contribution >= 0.6 is 23.4 Å². The van der Waals surface area contributed by atoms with Gasteiger partial charge in [0.05, 0.1) is 0 Å². The van der Waals surface area contributed by atoms with Crippen LogP contribution in [0, 0.1) is 0 Å². The van der Waals surface area contributed by atoms with Crippen molar-refractivity contribution in [2.75, 3.05) is 11.5 Å². The van der Waals surface area contributed by atoms with Crippen LogP contribution in [0.25, 0.3) is 0 Å². The molecule has 0 fully saturated rings. The van der Waals surface area contributed by atoms with E-state index in [1.165, 1.54) is 0 Å². The van der Waals surface area contributed by atoms with Crippen molar-refractivity contribution >= 4 is 34.8 Å². The lowest BCUT2D eigenvalue weighted by molar-refractivity contribution is 0.103. The third kappa shape index (κ3) is 3.35. The number of rotatable bonds is 5. The van der Waals surface area contributed by atoms with Crippen molar-refractivity contribution in [2.24, 2.45) is 0 Å². The second-order valence-corrected chi connectivity index (χ2v) is 5.98. The zero-order valence-corrected chi connectivity index (χ0v) is 12.8.